The second-order valence-corrected chi connectivity index (χ2v) is 8.57. The van der Waals surface area contributed by atoms with Gasteiger partial charge in [0.05, 0.1) is 23.6 Å². The number of thiazole rings is 1. The molecule has 32 heavy (non-hydrogen) atoms. The van der Waals surface area contributed by atoms with Gasteiger partial charge in [0, 0.05) is 23.7 Å². The van der Waals surface area contributed by atoms with E-state index in [1.807, 2.05) is 5.38 Å². The number of anilines is 1. The molecule has 0 spiro atoms. The van der Waals surface area contributed by atoms with E-state index < -0.39 is 11.6 Å². The molecule has 0 radical (unpaired) electrons. The lowest BCUT2D eigenvalue weighted by Gasteiger charge is -2.15. The quantitative estimate of drug-likeness (QED) is 0.418. The molecular formula is C24H23F2N5S. The van der Waals surface area contributed by atoms with Crippen molar-refractivity contribution >= 4 is 27.7 Å². The van der Waals surface area contributed by atoms with E-state index in [2.05, 4.69) is 51.3 Å². The van der Waals surface area contributed by atoms with Gasteiger partial charge < -0.3 is 15.0 Å². The molecule has 4 heterocycles. The molecule has 8 heteroatoms. The highest BCUT2D eigenvalue weighted by Crippen LogP contribution is 2.27. The Morgan fingerprint density at radius 2 is 2.00 bits per heavy atom. The molecule has 0 saturated carbocycles. The number of nitrogens with one attached hydrogen (secondary N) is 2. The Morgan fingerprint density at radius 3 is 2.78 bits per heavy atom. The van der Waals surface area contributed by atoms with Gasteiger partial charge >= 0.3 is 0 Å². The first kappa shape index (κ1) is 20.8. The lowest BCUT2D eigenvalue weighted by atomic mass is 10.0. The second-order valence-electron chi connectivity index (χ2n) is 7.71. The first-order valence-electron chi connectivity index (χ1n) is 10.7. The SMILES string of the molecule is CCc1nc2ccc(C3=CCNCC3)cn2c1CNc1nc(-c2ccc(F)c(F)c2)cs1. The number of halogens is 2. The van der Waals surface area contributed by atoms with Crippen LogP contribution in [-0.4, -0.2) is 27.5 Å². The fraction of sp³-hybridized carbons (Fsp3) is 0.250. The summed E-state index contributed by atoms with van der Waals surface area (Å²) in [5, 5.41) is 9.30. The molecule has 0 fully saturated rings. The summed E-state index contributed by atoms with van der Waals surface area (Å²) < 4.78 is 29.0. The lowest BCUT2D eigenvalue weighted by Crippen LogP contribution is -2.20. The first-order valence-corrected chi connectivity index (χ1v) is 11.5. The predicted octanol–water partition coefficient (Wildman–Crippen LogP) is 5.29. The number of benzene rings is 1. The lowest BCUT2D eigenvalue weighted by molar-refractivity contribution is 0.509. The Balaban J connectivity index is 1.40. The maximum Gasteiger partial charge on any atom is 0.183 e. The minimum atomic E-state index is -0.872. The zero-order valence-corrected chi connectivity index (χ0v) is 18.5. The zero-order chi connectivity index (χ0) is 22.1. The van der Waals surface area contributed by atoms with Crippen molar-refractivity contribution in [1.29, 1.82) is 0 Å². The van der Waals surface area contributed by atoms with Crippen molar-refractivity contribution in [2.45, 2.75) is 26.3 Å². The van der Waals surface area contributed by atoms with Gasteiger partial charge in [-0.2, -0.15) is 0 Å². The number of pyridine rings is 1. The van der Waals surface area contributed by atoms with Crippen molar-refractivity contribution in [3.8, 4) is 11.3 Å². The van der Waals surface area contributed by atoms with Crippen LogP contribution in [0.3, 0.4) is 0 Å². The van der Waals surface area contributed by atoms with Crippen LogP contribution in [0.25, 0.3) is 22.5 Å². The third kappa shape index (κ3) is 4.03. The zero-order valence-electron chi connectivity index (χ0n) is 17.7. The topological polar surface area (TPSA) is 54.2 Å². The average molecular weight is 452 g/mol. The van der Waals surface area contributed by atoms with E-state index in [1.165, 1.54) is 34.6 Å². The largest absolute Gasteiger partial charge is 0.356 e. The predicted molar refractivity (Wildman–Crippen MR) is 125 cm³/mol. The number of hydrogen-bond donors (Lipinski definition) is 2. The number of nitrogens with zero attached hydrogens (tertiary/aromatic N) is 3. The van der Waals surface area contributed by atoms with E-state index in [0.29, 0.717) is 17.8 Å². The Morgan fingerprint density at radius 1 is 1.12 bits per heavy atom. The number of imidazole rings is 1. The fourth-order valence-corrected chi connectivity index (χ4v) is 4.71. The standard InChI is InChI=1S/C24H23F2N5S/c1-2-20-22(31-13-17(4-6-23(31)29-20)15-7-9-27-10-8-15)12-28-24-30-21(14-32-24)16-3-5-18(25)19(26)11-16/h3-7,11,13-14,27H,2,8-10,12H2,1H3,(H,28,30). The molecule has 0 bridgehead atoms. The van der Waals surface area contributed by atoms with Crippen LogP contribution in [0.15, 0.2) is 48.0 Å². The van der Waals surface area contributed by atoms with Crippen LogP contribution in [0.5, 0.6) is 0 Å². The van der Waals surface area contributed by atoms with Gasteiger partial charge in [-0.15, -0.1) is 11.3 Å². The van der Waals surface area contributed by atoms with Gasteiger partial charge in [0.15, 0.2) is 16.8 Å². The summed E-state index contributed by atoms with van der Waals surface area (Å²) in [6.07, 6.45) is 6.26. The van der Waals surface area contributed by atoms with Crippen LogP contribution in [0.4, 0.5) is 13.9 Å². The van der Waals surface area contributed by atoms with Crippen molar-refractivity contribution in [2.24, 2.45) is 0 Å². The van der Waals surface area contributed by atoms with Crippen LogP contribution >= 0.6 is 11.3 Å². The van der Waals surface area contributed by atoms with Crippen LogP contribution in [-0.2, 0) is 13.0 Å². The third-order valence-corrected chi connectivity index (χ3v) is 6.50. The Hall–Kier alpha value is -3.10. The molecule has 0 atom stereocenters. The summed E-state index contributed by atoms with van der Waals surface area (Å²) in [5.41, 5.74) is 6.82. The van der Waals surface area contributed by atoms with Crippen molar-refractivity contribution in [3.05, 3.63) is 76.6 Å². The molecule has 4 aromatic rings. The van der Waals surface area contributed by atoms with Gasteiger partial charge in [0.25, 0.3) is 0 Å². The molecule has 0 aliphatic carbocycles. The molecular weight excluding hydrogens is 428 g/mol. The van der Waals surface area contributed by atoms with Crippen molar-refractivity contribution in [1.82, 2.24) is 19.7 Å². The van der Waals surface area contributed by atoms with Gasteiger partial charge in [0.2, 0.25) is 0 Å². The number of hydrogen-bond acceptors (Lipinski definition) is 5. The smallest absolute Gasteiger partial charge is 0.183 e. The van der Waals surface area contributed by atoms with Crippen molar-refractivity contribution < 1.29 is 8.78 Å². The van der Waals surface area contributed by atoms with Gasteiger partial charge in [-0.1, -0.05) is 13.0 Å². The summed E-state index contributed by atoms with van der Waals surface area (Å²) in [6.45, 7) is 4.56. The molecule has 0 unspecified atom stereocenters. The number of rotatable bonds is 6. The minimum absolute atomic E-state index is 0.553. The molecule has 5 nitrogen and oxygen atoms in total. The Labute approximate surface area is 188 Å². The van der Waals surface area contributed by atoms with E-state index in [9.17, 15) is 8.78 Å². The fourth-order valence-electron chi connectivity index (χ4n) is 3.99. The minimum Gasteiger partial charge on any atom is -0.356 e. The van der Waals surface area contributed by atoms with Crippen LogP contribution in [0, 0.1) is 11.6 Å². The van der Waals surface area contributed by atoms with Crippen LogP contribution in [0.1, 0.15) is 30.3 Å². The maximum atomic E-state index is 13.6. The molecule has 0 saturated heterocycles. The molecule has 164 valence electrons. The number of aromatic nitrogens is 3. The summed E-state index contributed by atoms with van der Waals surface area (Å²) in [5.74, 6) is -1.73. The average Bonchev–Trinajstić information content (AvgIpc) is 3.44. The summed E-state index contributed by atoms with van der Waals surface area (Å²) >= 11 is 1.44. The summed E-state index contributed by atoms with van der Waals surface area (Å²) in [6, 6.07) is 8.05. The molecule has 5 rings (SSSR count). The first-order chi connectivity index (χ1) is 15.6. The molecule has 2 N–H and O–H groups in total. The molecule has 1 aromatic carbocycles. The maximum absolute atomic E-state index is 13.6. The van der Waals surface area contributed by atoms with E-state index in [4.69, 9.17) is 4.98 Å². The molecule has 1 aliphatic rings. The van der Waals surface area contributed by atoms with Gasteiger partial charge in [-0.25, -0.2) is 18.7 Å². The van der Waals surface area contributed by atoms with Crippen LogP contribution < -0.4 is 10.6 Å². The molecule has 3 aromatic heterocycles. The van der Waals surface area contributed by atoms with Crippen molar-refractivity contribution in [2.75, 3.05) is 18.4 Å². The Kier molecular flexibility index (Phi) is 5.71. The summed E-state index contributed by atoms with van der Waals surface area (Å²) in [4.78, 5) is 9.35. The van der Waals surface area contributed by atoms with E-state index in [0.717, 1.165) is 54.2 Å². The Bertz CT molecular complexity index is 1310. The highest BCUT2D eigenvalue weighted by atomic mass is 32.1. The number of aryl methyl sites for hydroxylation is 1. The van der Waals surface area contributed by atoms with Gasteiger partial charge in [-0.3, -0.25) is 0 Å². The summed E-state index contributed by atoms with van der Waals surface area (Å²) in [7, 11) is 0. The monoisotopic (exact) mass is 451 g/mol. The highest BCUT2D eigenvalue weighted by Gasteiger charge is 2.14. The van der Waals surface area contributed by atoms with E-state index >= 15 is 0 Å². The normalized spacial score (nSPS) is 14.0. The van der Waals surface area contributed by atoms with Gasteiger partial charge in [0.1, 0.15) is 5.65 Å². The van der Waals surface area contributed by atoms with E-state index in [-0.39, 0.29) is 0 Å². The van der Waals surface area contributed by atoms with Gasteiger partial charge in [-0.05, 0) is 60.9 Å². The van der Waals surface area contributed by atoms with Crippen molar-refractivity contribution in [3.63, 3.8) is 0 Å². The second kappa shape index (κ2) is 8.80. The number of fused-ring (bicyclic) bond motifs is 1. The van der Waals surface area contributed by atoms with Crippen LogP contribution in [0.2, 0.25) is 0 Å². The third-order valence-electron chi connectivity index (χ3n) is 5.70. The highest BCUT2D eigenvalue weighted by molar-refractivity contribution is 7.14. The molecule has 1 aliphatic heterocycles. The molecule has 0 amide bonds. The van der Waals surface area contributed by atoms with E-state index in [1.54, 1.807) is 0 Å².